The number of rotatable bonds is 1. The molecule has 1 aliphatic heterocycles. The zero-order valence-corrected chi connectivity index (χ0v) is 11.7. The molecule has 1 aliphatic rings. The first-order valence-electron chi connectivity index (χ1n) is 6.65. The molecule has 4 nitrogen and oxygen atoms in total. The van der Waals surface area contributed by atoms with Gasteiger partial charge in [-0.05, 0) is 33.1 Å². The van der Waals surface area contributed by atoms with Crippen molar-refractivity contribution in [2.24, 2.45) is 7.05 Å². The number of carbonyl (C=O) groups is 1. The largest absolute Gasteiger partial charge is 0.435 e. The summed E-state index contributed by atoms with van der Waals surface area (Å²) in [6.45, 7) is 3.85. The van der Waals surface area contributed by atoms with Crippen LogP contribution in [0.15, 0.2) is 6.07 Å². The third-order valence-electron chi connectivity index (χ3n) is 3.82. The minimum absolute atomic E-state index is 0.0158. The Kier molecular flexibility index (Phi) is 3.80. The number of hydrogen-bond donors (Lipinski definition) is 0. The molecular formula is C13H18F3N3O. The molecule has 2 atom stereocenters. The van der Waals surface area contributed by atoms with Crippen LogP contribution in [0.5, 0.6) is 0 Å². The molecule has 1 aromatic rings. The molecule has 1 saturated heterocycles. The molecule has 0 aromatic carbocycles. The van der Waals surface area contributed by atoms with Crippen LogP contribution in [-0.2, 0) is 13.2 Å². The van der Waals surface area contributed by atoms with Crippen molar-refractivity contribution in [3.8, 4) is 0 Å². The van der Waals surface area contributed by atoms with Crippen molar-refractivity contribution in [2.75, 3.05) is 0 Å². The average molecular weight is 289 g/mol. The Morgan fingerprint density at radius 2 is 1.85 bits per heavy atom. The number of piperidine rings is 1. The second kappa shape index (κ2) is 5.10. The molecule has 2 rings (SSSR count). The molecule has 2 heterocycles. The molecule has 1 fully saturated rings. The monoisotopic (exact) mass is 289 g/mol. The summed E-state index contributed by atoms with van der Waals surface area (Å²) >= 11 is 0. The summed E-state index contributed by atoms with van der Waals surface area (Å²) in [6.07, 6.45) is -1.75. The normalized spacial score (nSPS) is 24.0. The number of alkyl halides is 3. The molecule has 0 N–H and O–H groups in total. The van der Waals surface area contributed by atoms with E-state index >= 15 is 0 Å². The van der Waals surface area contributed by atoms with Gasteiger partial charge in [-0.2, -0.15) is 18.3 Å². The topological polar surface area (TPSA) is 38.1 Å². The van der Waals surface area contributed by atoms with Crippen molar-refractivity contribution < 1.29 is 18.0 Å². The molecule has 0 spiro atoms. The number of carbonyl (C=O) groups excluding carboxylic acids is 1. The molecule has 0 bridgehead atoms. The third kappa shape index (κ3) is 2.66. The van der Waals surface area contributed by atoms with Gasteiger partial charge in [0.15, 0.2) is 5.69 Å². The van der Waals surface area contributed by atoms with Crippen LogP contribution in [0.4, 0.5) is 13.2 Å². The highest BCUT2D eigenvalue weighted by molar-refractivity contribution is 5.93. The van der Waals surface area contributed by atoms with E-state index in [1.807, 2.05) is 13.8 Å². The van der Waals surface area contributed by atoms with Gasteiger partial charge in [-0.15, -0.1) is 0 Å². The van der Waals surface area contributed by atoms with E-state index in [0.717, 1.165) is 30.0 Å². The fourth-order valence-electron chi connectivity index (χ4n) is 2.76. The van der Waals surface area contributed by atoms with Gasteiger partial charge in [0.05, 0.1) is 0 Å². The number of nitrogens with zero attached hydrogens (tertiary/aromatic N) is 3. The van der Waals surface area contributed by atoms with E-state index in [-0.39, 0.29) is 23.7 Å². The number of aryl methyl sites for hydroxylation is 1. The van der Waals surface area contributed by atoms with E-state index < -0.39 is 11.9 Å². The number of likely N-dealkylation sites (tertiary alicyclic amines) is 1. The Balaban J connectivity index is 2.31. The lowest BCUT2D eigenvalue weighted by Crippen LogP contribution is -2.48. The fourth-order valence-corrected chi connectivity index (χ4v) is 2.76. The van der Waals surface area contributed by atoms with Crippen LogP contribution in [0.1, 0.15) is 49.3 Å². The summed E-state index contributed by atoms with van der Waals surface area (Å²) in [5.74, 6) is -0.379. The van der Waals surface area contributed by atoms with Crippen LogP contribution in [0.2, 0.25) is 0 Å². The van der Waals surface area contributed by atoms with E-state index in [1.165, 1.54) is 7.05 Å². The predicted octanol–water partition coefficient (Wildman–Crippen LogP) is 2.84. The van der Waals surface area contributed by atoms with Crippen LogP contribution in [0, 0.1) is 0 Å². The van der Waals surface area contributed by atoms with Crippen LogP contribution in [0.3, 0.4) is 0 Å². The lowest BCUT2D eigenvalue weighted by atomic mass is 9.97. The standard InChI is InChI=1S/C13H18F3N3O/c1-8-5-4-6-9(2)19(8)12(20)10-7-11(13(14,15)16)17-18(10)3/h7-9H,4-6H2,1-3H3. The van der Waals surface area contributed by atoms with Crippen molar-refractivity contribution in [3.63, 3.8) is 0 Å². The first kappa shape index (κ1) is 14.9. The lowest BCUT2D eigenvalue weighted by molar-refractivity contribution is -0.141. The van der Waals surface area contributed by atoms with Gasteiger partial charge in [-0.25, -0.2) is 0 Å². The highest BCUT2D eigenvalue weighted by Crippen LogP contribution is 2.30. The molecule has 0 saturated carbocycles. The summed E-state index contributed by atoms with van der Waals surface area (Å²) in [5, 5.41) is 3.39. The Hall–Kier alpha value is -1.53. The summed E-state index contributed by atoms with van der Waals surface area (Å²) in [7, 11) is 1.36. The first-order valence-corrected chi connectivity index (χ1v) is 6.65. The Bertz CT molecular complexity index is 499. The minimum atomic E-state index is -4.53. The summed E-state index contributed by atoms with van der Waals surface area (Å²) in [6, 6.07) is 0.905. The second-order valence-electron chi connectivity index (χ2n) is 5.38. The maximum Gasteiger partial charge on any atom is 0.435 e. The van der Waals surface area contributed by atoms with E-state index in [4.69, 9.17) is 0 Å². The Morgan fingerprint density at radius 1 is 1.30 bits per heavy atom. The zero-order valence-electron chi connectivity index (χ0n) is 11.7. The smallest absolute Gasteiger partial charge is 0.332 e. The summed E-state index contributed by atoms with van der Waals surface area (Å²) < 4.78 is 38.9. The van der Waals surface area contributed by atoms with Crippen LogP contribution in [0.25, 0.3) is 0 Å². The molecule has 2 unspecified atom stereocenters. The van der Waals surface area contributed by atoms with E-state index in [1.54, 1.807) is 4.90 Å². The van der Waals surface area contributed by atoms with Crippen molar-refractivity contribution >= 4 is 5.91 Å². The maximum absolute atomic E-state index is 12.6. The maximum atomic E-state index is 12.6. The van der Waals surface area contributed by atoms with Gasteiger partial charge in [-0.3, -0.25) is 9.48 Å². The highest BCUT2D eigenvalue weighted by atomic mass is 19.4. The molecular weight excluding hydrogens is 271 g/mol. The van der Waals surface area contributed by atoms with E-state index in [2.05, 4.69) is 5.10 Å². The quantitative estimate of drug-likeness (QED) is 0.797. The highest BCUT2D eigenvalue weighted by Gasteiger charge is 2.37. The van der Waals surface area contributed by atoms with Gasteiger partial charge in [0.1, 0.15) is 5.69 Å². The Labute approximate surface area is 115 Å². The van der Waals surface area contributed by atoms with Crippen LogP contribution in [-0.4, -0.2) is 32.7 Å². The SMILES string of the molecule is CC1CCCC(C)N1C(=O)c1cc(C(F)(F)F)nn1C. The van der Waals surface area contributed by atoms with Crippen LogP contribution >= 0.6 is 0 Å². The molecule has 7 heteroatoms. The predicted molar refractivity (Wildman–Crippen MR) is 67.2 cm³/mol. The number of hydrogen-bond acceptors (Lipinski definition) is 2. The van der Waals surface area contributed by atoms with Crippen molar-refractivity contribution in [2.45, 2.75) is 51.4 Å². The van der Waals surface area contributed by atoms with Gasteiger partial charge < -0.3 is 4.90 Å². The van der Waals surface area contributed by atoms with Gasteiger partial charge in [0, 0.05) is 25.2 Å². The van der Waals surface area contributed by atoms with Gasteiger partial charge in [-0.1, -0.05) is 0 Å². The summed E-state index contributed by atoms with van der Waals surface area (Å²) in [4.78, 5) is 14.1. The van der Waals surface area contributed by atoms with E-state index in [9.17, 15) is 18.0 Å². The second-order valence-corrected chi connectivity index (χ2v) is 5.38. The Morgan fingerprint density at radius 3 is 2.30 bits per heavy atom. The number of halogens is 3. The lowest BCUT2D eigenvalue weighted by Gasteiger charge is -2.38. The van der Waals surface area contributed by atoms with Gasteiger partial charge in [0.2, 0.25) is 0 Å². The van der Waals surface area contributed by atoms with Crippen molar-refractivity contribution in [3.05, 3.63) is 17.5 Å². The van der Waals surface area contributed by atoms with E-state index in [0.29, 0.717) is 0 Å². The zero-order chi connectivity index (χ0) is 15.1. The molecule has 20 heavy (non-hydrogen) atoms. The van der Waals surface area contributed by atoms with Gasteiger partial charge in [0.25, 0.3) is 5.91 Å². The van der Waals surface area contributed by atoms with Gasteiger partial charge >= 0.3 is 6.18 Å². The van der Waals surface area contributed by atoms with Crippen molar-refractivity contribution in [1.29, 1.82) is 0 Å². The molecule has 1 aromatic heterocycles. The van der Waals surface area contributed by atoms with Crippen molar-refractivity contribution in [1.82, 2.24) is 14.7 Å². The number of amides is 1. The third-order valence-corrected chi connectivity index (χ3v) is 3.82. The fraction of sp³-hybridized carbons (Fsp3) is 0.692. The first-order chi connectivity index (χ1) is 9.21. The molecule has 0 radical (unpaired) electrons. The summed E-state index contributed by atoms with van der Waals surface area (Å²) in [5.41, 5.74) is -1.04. The molecule has 112 valence electrons. The average Bonchev–Trinajstić information content (AvgIpc) is 2.70. The van der Waals surface area contributed by atoms with Crippen LogP contribution < -0.4 is 0 Å². The number of aromatic nitrogens is 2. The molecule has 1 amide bonds. The minimum Gasteiger partial charge on any atom is -0.332 e. The molecule has 0 aliphatic carbocycles.